The zero-order valence-corrected chi connectivity index (χ0v) is 8.75. The lowest BCUT2D eigenvalue weighted by molar-refractivity contribution is -0.115. The van der Waals surface area contributed by atoms with Crippen molar-refractivity contribution in [3.8, 4) is 0 Å². The van der Waals surface area contributed by atoms with Crippen molar-refractivity contribution in [3.05, 3.63) is 29.3 Å². The fourth-order valence-corrected chi connectivity index (χ4v) is 1.64. The SMILES string of the molecule is NCCNC(=O)c1ccc2c(c1)NC(=O)C2. The summed E-state index contributed by atoms with van der Waals surface area (Å²) in [5, 5.41) is 5.38. The van der Waals surface area contributed by atoms with Crippen molar-refractivity contribution in [1.29, 1.82) is 0 Å². The van der Waals surface area contributed by atoms with Crippen molar-refractivity contribution >= 4 is 17.5 Å². The van der Waals surface area contributed by atoms with Crippen LogP contribution in [0.5, 0.6) is 0 Å². The van der Waals surface area contributed by atoms with Gasteiger partial charge in [-0.25, -0.2) is 0 Å². The number of nitrogens with one attached hydrogen (secondary N) is 2. The van der Waals surface area contributed by atoms with Gasteiger partial charge < -0.3 is 16.4 Å². The van der Waals surface area contributed by atoms with Gasteiger partial charge in [0.1, 0.15) is 0 Å². The second-order valence-electron chi connectivity index (χ2n) is 3.64. The third kappa shape index (κ3) is 2.04. The van der Waals surface area contributed by atoms with E-state index in [2.05, 4.69) is 10.6 Å². The van der Waals surface area contributed by atoms with E-state index in [1.165, 1.54) is 0 Å². The van der Waals surface area contributed by atoms with Crippen molar-refractivity contribution in [2.24, 2.45) is 5.73 Å². The number of fused-ring (bicyclic) bond motifs is 1. The average Bonchev–Trinajstić information content (AvgIpc) is 2.64. The minimum Gasteiger partial charge on any atom is -0.351 e. The average molecular weight is 219 g/mol. The van der Waals surface area contributed by atoms with E-state index < -0.39 is 0 Å². The second kappa shape index (κ2) is 4.32. The van der Waals surface area contributed by atoms with Crippen LogP contribution in [0.3, 0.4) is 0 Å². The number of carbonyl (C=O) groups excluding carboxylic acids is 2. The molecule has 0 saturated heterocycles. The monoisotopic (exact) mass is 219 g/mol. The van der Waals surface area contributed by atoms with Crippen LogP contribution in [-0.2, 0) is 11.2 Å². The molecular weight excluding hydrogens is 206 g/mol. The number of anilines is 1. The van der Waals surface area contributed by atoms with E-state index >= 15 is 0 Å². The van der Waals surface area contributed by atoms with E-state index in [1.54, 1.807) is 18.2 Å². The summed E-state index contributed by atoms with van der Waals surface area (Å²) in [6.45, 7) is 0.857. The molecule has 16 heavy (non-hydrogen) atoms. The van der Waals surface area contributed by atoms with Crippen molar-refractivity contribution in [2.75, 3.05) is 18.4 Å². The highest BCUT2D eigenvalue weighted by Crippen LogP contribution is 2.23. The predicted octanol–water partition coefficient (Wildman–Crippen LogP) is -0.130. The molecule has 1 aliphatic heterocycles. The number of hydrogen-bond acceptors (Lipinski definition) is 3. The van der Waals surface area contributed by atoms with Crippen LogP contribution in [0.2, 0.25) is 0 Å². The van der Waals surface area contributed by atoms with Crippen LogP contribution in [0.15, 0.2) is 18.2 Å². The van der Waals surface area contributed by atoms with Gasteiger partial charge in [-0.3, -0.25) is 9.59 Å². The molecule has 5 nitrogen and oxygen atoms in total. The topological polar surface area (TPSA) is 84.2 Å². The molecule has 1 aliphatic rings. The molecule has 0 aromatic heterocycles. The van der Waals surface area contributed by atoms with Crippen molar-refractivity contribution in [1.82, 2.24) is 5.32 Å². The van der Waals surface area contributed by atoms with Crippen LogP contribution in [0, 0.1) is 0 Å². The van der Waals surface area contributed by atoms with Gasteiger partial charge in [0, 0.05) is 24.3 Å². The van der Waals surface area contributed by atoms with Gasteiger partial charge in [-0.1, -0.05) is 6.07 Å². The molecular formula is C11H13N3O2. The maximum Gasteiger partial charge on any atom is 0.251 e. The summed E-state index contributed by atoms with van der Waals surface area (Å²) in [6.07, 6.45) is 0.389. The molecule has 1 aromatic carbocycles. The quantitative estimate of drug-likeness (QED) is 0.662. The molecule has 0 saturated carbocycles. The van der Waals surface area contributed by atoms with Gasteiger partial charge in [-0.2, -0.15) is 0 Å². The number of rotatable bonds is 3. The standard InChI is InChI=1S/C11H13N3O2/c12-3-4-13-11(16)8-2-1-7-6-10(15)14-9(7)5-8/h1-2,5H,3-4,6,12H2,(H,13,16)(H,14,15). The van der Waals surface area contributed by atoms with Crippen LogP contribution in [0.25, 0.3) is 0 Å². The first kappa shape index (κ1) is 10.6. The number of carbonyl (C=O) groups is 2. The predicted molar refractivity (Wildman–Crippen MR) is 60.2 cm³/mol. The minimum atomic E-state index is -0.172. The van der Waals surface area contributed by atoms with Gasteiger partial charge in [0.15, 0.2) is 0 Å². The van der Waals surface area contributed by atoms with Gasteiger partial charge in [0.2, 0.25) is 5.91 Å². The number of hydrogen-bond donors (Lipinski definition) is 3. The number of benzene rings is 1. The van der Waals surface area contributed by atoms with Crippen molar-refractivity contribution in [2.45, 2.75) is 6.42 Å². The van der Waals surface area contributed by atoms with Gasteiger partial charge in [0.05, 0.1) is 6.42 Å². The van der Waals surface area contributed by atoms with Crippen LogP contribution in [0.1, 0.15) is 15.9 Å². The Morgan fingerprint density at radius 3 is 3.06 bits per heavy atom. The Morgan fingerprint density at radius 2 is 2.31 bits per heavy atom. The summed E-state index contributed by atoms with van der Waals surface area (Å²) in [4.78, 5) is 22.7. The Kier molecular flexibility index (Phi) is 2.87. The molecule has 0 aliphatic carbocycles. The lowest BCUT2D eigenvalue weighted by atomic mass is 10.1. The third-order valence-corrected chi connectivity index (χ3v) is 2.43. The highest BCUT2D eigenvalue weighted by molar-refractivity contribution is 6.02. The van der Waals surface area contributed by atoms with Crippen molar-refractivity contribution < 1.29 is 9.59 Å². The molecule has 84 valence electrons. The van der Waals surface area contributed by atoms with E-state index in [0.29, 0.717) is 25.1 Å². The lowest BCUT2D eigenvalue weighted by Gasteiger charge is -2.05. The summed E-state index contributed by atoms with van der Waals surface area (Å²) in [7, 11) is 0. The first-order chi connectivity index (χ1) is 7.70. The summed E-state index contributed by atoms with van der Waals surface area (Å²) in [6, 6.07) is 5.20. The van der Waals surface area contributed by atoms with Crippen LogP contribution < -0.4 is 16.4 Å². The maximum atomic E-state index is 11.6. The van der Waals surface area contributed by atoms with E-state index in [1.807, 2.05) is 0 Å². The molecule has 0 spiro atoms. The summed E-state index contributed by atoms with van der Waals surface area (Å²) >= 11 is 0. The van der Waals surface area contributed by atoms with E-state index in [0.717, 1.165) is 11.3 Å². The molecule has 0 bridgehead atoms. The first-order valence-electron chi connectivity index (χ1n) is 5.12. The van der Waals surface area contributed by atoms with Gasteiger partial charge in [0.25, 0.3) is 5.91 Å². The van der Waals surface area contributed by atoms with Gasteiger partial charge in [-0.05, 0) is 17.7 Å². The first-order valence-corrected chi connectivity index (χ1v) is 5.12. The zero-order chi connectivity index (χ0) is 11.5. The summed E-state index contributed by atoms with van der Waals surface area (Å²) in [5.41, 5.74) is 7.49. The Bertz CT molecular complexity index is 443. The minimum absolute atomic E-state index is 0.0329. The molecule has 2 amide bonds. The normalized spacial score (nSPS) is 13.2. The summed E-state index contributed by atoms with van der Waals surface area (Å²) in [5.74, 6) is -0.205. The third-order valence-electron chi connectivity index (χ3n) is 2.43. The Balaban J connectivity index is 2.16. The highest BCUT2D eigenvalue weighted by atomic mass is 16.2. The van der Waals surface area contributed by atoms with Crippen LogP contribution in [0.4, 0.5) is 5.69 Å². The molecule has 0 fully saturated rings. The fraction of sp³-hybridized carbons (Fsp3) is 0.273. The number of nitrogens with two attached hydrogens (primary N) is 1. The smallest absolute Gasteiger partial charge is 0.251 e. The Hall–Kier alpha value is -1.88. The maximum absolute atomic E-state index is 11.6. The van der Waals surface area contributed by atoms with E-state index in [9.17, 15) is 9.59 Å². The van der Waals surface area contributed by atoms with Crippen LogP contribution >= 0.6 is 0 Å². The van der Waals surface area contributed by atoms with Crippen molar-refractivity contribution in [3.63, 3.8) is 0 Å². The molecule has 4 N–H and O–H groups in total. The van der Waals surface area contributed by atoms with Crippen LogP contribution in [-0.4, -0.2) is 24.9 Å². The Labute approximate surface area is 93.0 Å². The second-order valence-corrected chi connectivity index (χ2v) is 3.64. The van der Waals surface area contributed by atoms with E-state index in [-0.39, 0.29) is 11.8 Å². The number of amides is 2. The largest absolute Gasteiger partial charge is 0.351 e. The molecule has 0 atom stereocenters. The molecule has 0 unspecified atom stereocenters. The summed E-state index contributed by atoms with van der Waals surface area (Å²) < 4.78 is 0. The van der Waals surface area contributed by atoms with Gasteiger partial charge >= 0.3 is 0 Å². The fourth-order valence-electron chi connectivity index (χ4n) is 1.64. The van der Waals surface area contributed by atoms with E-state index in [4.69, 9.17) is 5.73 Å². The molecule has 5 heteroatoms. The Morgan fingerprint density at radius 1 is 1.50 bits per heavy atom. The van der Waals surface area contributed by atoms with Gasteiger partial charge in [-0.15, -0.1) is 0 Å². The molecule has 2 rings (SSSR count). The molecule has 0 radical (unpaired) electrons. The molecule has 1 heterocycles. The lowest BCUT2D eigenvalue weighted by Crippen LogP contribution is -2.28. The molecule has 1 aromatic rings. The zero-order valence-electron chi connectivity index (χ0n) is 8.75. The highest BCUT2D eigenvalue weighted by Gasteiger charge is 2.18.